The van der Waals surface area contributed by atoms with Crippen LogP contribution in [0.2, 0.25) is 0 Å². The van der Waals surface area contributed by atoms with Gasteiger partial charge in [-0.1, -0.05) is 38.0 Å². The fraction of sp³-hybridized carbons (Fsp3) is 0.769. The summed E-state index contributed by atoms with van der Waals surface area (Å²) in [6.45, 7) is 0.790. The van der Waals surface area contributed by atoms with Gasteiger partial charge in [-0.05, 0) is 12.8 Å². The number of hydrogen-bond donors (Lipinski definition) is 2. The van der Waals surface area contributed by atoms with Gasteiger partial charge in [0.05, 0.1) is 13.1 Å². The van der Waals surface area contributed by atoms with Gasteiger partial charge in [-0.15, -0.1) is 6.42 Å². The van der Waals surface area contributed by atoms with E-state index in [2.05, 4.69) is 16.6 Å². The number of terminal acetylenes is 1. The van der Waals surface area contributed by atoms with E-state index in [4.69, 9.17) is 6.42 Å². The number of nitrogens with one attached hydrogen (secondary N) is 2. The van der Waals surface area contributed by atoms with Crippen molar-refractivity contribution in [3.8, 4) is 12.3 Å². The molecule has 2 N–H and O–H groups in total. The van der Waals surface area contributed by atoms with Crippen LogP contribution in [0.3, 0.4) is 0 Å². The van der Waals surface area contributed by atoms with E-state index in [1.54, 1.807) is 0 Å². The summed E-state index contributed by atoms with van der Waals surface area (Å²) in [5.41, 5.74) is 0. The highest BCUT2D eigenvalue weighted by molar-refractivity contribution is 5.78. The molecule has 3 heteroatoms. The van der Waals surface area contributed by atoms with Crippen LogP contribution in [0.5, 0.6) is 0 Å². The number of carbonyl (C=O) groups excluding carboxylic acids is 1. The van der Waals surface area contributed by atoms with Gasteiger partial charge in [0, 0.05) is 6.04 Å². The standard InChI is InChI=1S/C13H22N2O/c1-2-10-14-11-13(16)15-12-8-6-4-3-5-7-9-12/h1,12,14H,3-11H2,(H,15,16). The Morgan fingerprint density at radius 1 is 1.19 bits per heavy atom. The Balaban J connectivity index is 2.17. The molecule has 0 aromatic carbocycles. The van der Waals surface area contributed by atoms with Crippen molar-refractivity contribution in [3.63, 3.8) is 0 Å². The predicted octanol–water partition coefficient (Wildman–Crippen LogP) is 1.44. The monoisotopic (exact) mass is 222 g/mol. The molecule has 0 heterocycles. The number of carbonyl (C=O) groups is 1. The molecule has 1 rings (SSSR count). The maximum absolute atomic E-state index is 11.5. The van der Waals surface area contributed by atoms with Crippen LogP contribution < -0.4 is 10.6 Å². The minimum Gasteiger partial charge on any atom is -0.352 e. The zero-order valence-corrected chi connectivity index (χ0v) is 9.93. The van der Waals surface area contributed by atoms with Crippen molar-refractivity contribution in [2.24, 2.45) is 0 Å². The Bertz CT molecular complexity index is 237. The van der Waals surface area contributed by atoms with Crippen molar-refractivity contribution in [1.82, 2.24) is 10.6 Å². The van der Waals surface area contributed by atoms with Gasteiger partial charge in [0.1, 0.15) is 0 Å². The van der Waals surface area contributed by atoms with E-state index in [9.17, 15) is 4.79 Å². The molecule has 1 aliphatic rings. The molecule has 1 saturated carbocycles. The van der Waals surface area contributed by atoms with Crippen LogP contribution in [0.25, 0.3) is 0 Å². The molecule has 16 heavy (non-hydrogen) atoms. The molecule has 0 unspecified atom stereocenters. The Morgan fingerprint density at radius 2 is 1.81 bits per heavy atom. The molecule has 0 aromatic heterocycles. The van der Waals surface area contributed by atoms with Crippen LogP contribution in [0.15, 0.2) is 0 Å². The highest BCUT2D eigenvalue weighted by Gasteiger charge is 2.13. The number of amides is 1. The summed E-state index contributed by atoms with van der Waals surface area (Å²) in [4.78, 5) is 11.5. The number of hydrogen-bond acceptors (Lipinski definition) is 2. The fourth-order valence-corrected chi connectivity index (χ4v) is 2.13. The van der Waals surface area contributed by atoms with Gasteiger partial charge in [-0.2, -0.15) is 0 Å². The molecule has 0 radical (unpaired) electrons. The molecule has 1 amide bonds. The van der Waals surface area contributed by atoms with Gasteiger partial charge in [0.15, 0.2) is 0 Å². The van der Waals surface area contributed by atoms with E-state index in [1.165, 1.54) is 32.1 Å². The second-order valence-corrected chi connectivity index (χ2v) is 4.42. The summed E-state index contributed by atoms with van der Waals surface area (Å²) in [7, 11) is 0. The van der Waals surface area contributed by atoms with Gasteiger partial charge >= 0.3 is 0 Å². The molecule has 0 atom stereocenters. The van der Waals surface area contributed by atoms with Crippen molar-refractivity contribution >= 4 is 5.91 Å². The normalized spacial score (nSPS) is 18.2. The third-order valence-corrected chi connectivity index (χ3v) is 2.98. The molecule has 3 nitrogen and oxygen atoms in total. The predicted molar refractivity (Wildman–Crippen MR) is 66.0 cm³/mol. The Morgan fingerprint density at radius 3 is 2.44 bits per heavy atom. The van der Waals surface area contributed by atoms with E-state index in [-0.39, 0.29) is 5.91 Å². The van der Waals surface area contributed by atoms with Crippen LogP contribution in [0, 0.1) is 12.3 Å². The van der Waals surface area contributed by atoms with Crippen LogP contribution in [-0.4, -0.2) is 25.0 Å². The Hall–Kier alpha value is -1.01. The lowest BCUT2D eigenvalue weighted by molar-refractivity contribution is -0.121. The summed E-state index contributed by atoms with van der Waals surface area (Å²) < 4.78 is 0. The Labute approximate surface area is 98.4 Å². The lowest BCUT2D eigenvalue weighted by atomic mass is 9.97. The van der Waals surface area contributed by atoms with E-state index in [0.717, 1.165) is 12.8 Å². The largest absolute Gasteiger partial charge is 0.352 e. The lowest BCUT2D eigenvalue weighted by Gasteiger charge is -2.21. The van der Waals surface area contributed by atoms with E-state index in [1.807, 2.05) is 0 Å². The minimum absolute atomic E-state index is 0.0702. The third-order valence-electron chi connectivity index (χ3n) is 2.98. The molecule has 0 spiro atoms. The second kappa shape index (κ2) is 8.18. The van der Waals surface area contributed by atoms with Crippen LogP contribution in [0.1, 0.15) is 44.9 Å². The van der Waals surface area contributed by atoms with Crippen molar-refractivity contribution in [3.05, 3.63) is 0 Å². The fourth-order valence-electron chi connectivity index (χ4n) is 2.13. The minimum atomic E-state index is 0.0702. The first-order valence-corrected chi connectivity index (χ1v) is 6.26. The average Bonchev–Trinajstić information content (AvgIpc) is 2.22. The highest BCUT2D eigenvalue weighted by atomic mass is 16.1. The van der Waals surface area contributed by atoms with Crippen LogP contribution in [0.4, 0.5) is 0 Å². The maximum Gasteiger partial charge on any atom is 0.234 e. The first kappa shape index (κ1) is 13.1. The molecule has 0 aromatic rings. The van der Waals surface area contributed by atoms with E-state index in [0.29, 0.717) is 19.1 Å². The van der Waals surface area contributed by atoms with Gasteiger partial charge in [-0.3, -0.25) is 10.1 Å². The summed E-state index contributed by atoms with van der Waals surface area (Å²) >= 11 is 0. The van der Waals surface area contributed by atoms with E-state index < -0.39 is 0 Å². The van der Waals surface area contributed by atoms with Crippen molar-refractivity contribution < 1.29 is 4.79 Å². The molecule has 0 saturated heterocycles. The topological polar surface area (TPSA) is 41.1 Å². The third kappa shape index (κ3) is 5.77. The summed E-state index contributed by atoms with van der Waals surface area (Å²) in [5, 5.41) is 5.98. The van der Waals surface area contributed by atoms with Crippen molar-refractivity contribution in [1.29, 1.82) is 0 Å². The molecular weight excluding hydrogens is 200 g/mol. The quantitative estimate of drug-likeness (QED) is 0.558. The molecule has 0 aliphatic heterocycles. The molecule has 1 fully saturated rings. The van der Waals surface area contributed by atoms with Gasteiger partial charge in [-0.25, -0.2) is 0 Å². The molecule has 1 aliphatic carbocycles. The smallest absolute Gasteiger partial charge is 0.234 e. The van der Waals surface area contributed by atoms with Crippen molar-refractivity contribution in [2.45, 2.75) is 51.0 Å². The summed E-state index contributed by atoms with van der Waals surface area (Å²) in [6, 6.07) is 0.375. The Kier molecular flexibility index (Phi) is 6.67. The first-order chi connectivity index (χ1) is 7.83. The van der Waals surface area contributed by atoms with Gasteiger partial charge in [0.25, 0.3) is 0 Å². The summed E-state index contributed by atoms with van der Waals surface area (Å²) in [6.07, 6.45) is 13.8. The van der Waals surface area contributed by atoms with E-state index >= 15 is 0 Å². The maximum atomic E-state index is 11.5. The number of rotatable bonds is 4. The highest BCUT2D eigenvalue weighted by Crippen LogP contribution is 2.16. The zero-order valence-electron chi connectivity index (χ0n) is 9.93. The van der Waals surface area contributed by atoms with Gasteiger partial charge < -0.3 is 5.32 Å². The summed E-state index contributed by atoms with van der Waals surface area (Å²) in [5.74, 6) is 2.52. The first-order valence-electron chi connectivity index (χ1n) is 6.26. The average molecular weight is 222 g/mol. The second-order valence-electron chi connectivity index (χ2n) is 4.42. The van der Waals surface area contributed by atoms with Crippen LogP contribution in [-0.2, 0) is 4.79 Å². The lowest BCUT2D eigenvalue weighted by Crippen LogP contribution is -2.40. The molecule has 0 bridgehead atoms. The molecule has 90 valence electrons. The molecular formula is C13H22N2O. The van der Waals surface area contributed by atoms with Crippen molar-refractivity contribution in [2.75, 3.05) is 13.1 Å². The van der Waals surface area contributed by atoms with Crippen LogP contribution >= 0.6 is 0 Å². The zero-order chi connectivity index (χ0) is 11.6. The van der Waals surface area contributed by atoms with Gasteiger partial charge in [0.2, 0.25) is 5.91 Å². The SMILES string of the molecule is C#CCNCC(=O)NC1CCCCCCC1.